The lowest BCUT2D eigenvalue weighted by molar-refractivity contribution is 0.476. The minimum absolute atomic E-state index is 0.312. The number of hydrogen-bond donors (Lipinski definition) is 3. The average molecular weight is 251 g/mol. The van der Waals surface area contributed by atoms with Crippen molar-refractivity contribution in [2.75, 3.05) is 0 Å². The molecule has 0 radical (unpaired) electrons. The molecule has 0 fully saturated rings. The van der Waals surface area contributed by atoms with Crippen LogP contribution in [0.25, 0.3) is 21.9 Å². The number of aromatic nitrogens is 3. The molecule has 2 aromatic heterocycles. The summed E-state index contributed by atoms with van der Waals surface area (Å²) >= 11 is 0. The van der Waals surface area contributed by atoms with E-state index in [0.717, 1.165) is 21.9 Å². The van der Waals surface area contributed by atoms with Crippen LogP contribution in [0.1, 0.15) is 0 Å². The van der Waals surface area contributed by atoms with Gasteiger partial charge in [-0.2, -0.15) is 0 Å². The van der Waals surface area contributed by atoms with Crippen molar-refractivity contribution in [2.45, 2.75) is 0 Å². The smallest absolute Gasteiger partial charge is 0.116 e. The molecule has 0 amide bonds. The summed E-state index contributed by atoms with van der Waals surface area (Å²) in [5.41, 5.74) is 3.17. The molecule has 4 aromatic rings. The monoisotopic (exact) mass is 251 g/mol. The van der Waals surface area contributed by atoms with Crippen molar-refractivity contribution < 1.29 is 5.11 Å². The Labute approximate surface area is 109 Å². The molecule has 4 rings (SSSR count). The maximum Gasteiger partial charge on any atom is 0.116 e. The summed E-state index contributed by atoms with van der Waals surface area (Å²) in [6, 6.07) is 15.1. The zero-order valence-electron chi connectivity index (χ0n) is 10.2. The first-order valence-corrected chi connectivity index (χ1v) is 5.97. The first-order chi connectivity index (χ1) is 9.33. The van der Waals surface area contributed by atoms with E-state index in [1.54, 1.807) is 18.5 Å². The summed E-state index contributed by atoms with van der Waals surface area (Å²) < 4.78 is 0. The molecule has 2 aromatic carbocycles. The highest BCUT2D eigenvalue weighted by atomic mass is 16.3. The zero-order chi connectivity index (χ0) is 13.1. The van der Waals surface area contributed by atoms with Crippen LogP contribution in [0.15, 0.2) is 61.1 Å². The van der Waals surface area contributed by atoms with Crippen LogP contribution in [0.3, 0.4) is 0 Å². The Morgan fingerprint density at radius 2 is 1.79 bits per heavy atom. The van der Waals surface area contributed by atoms with Crippen molar-refractivity contribution in [1.29, 1.82) is 0 Å². The summed E-state index contributed by atoms with van der Waals surface area (Å²) in [7, 11) is 0. The summed E-state index contributed by atoms with van der Waals surface area (Å²) in [5, 5.41) is 10.1. The summed E-state index contributed by atoms with van der Waals surface area (Å²) in [6.07, 6.45) is 3.55. The van der Waals surface area contributed by atoms with Gasteiger partial charge in [0.2, 0.25) is 0 Å². The minimum Gasteiger partial charge on any atom is -0.508 e. The Morgan fingerprint density at radius 1 is 0.895 bits per heavy atom. The first kappa shape index (κ1) is 11.3. The highest BCUT2D eigenvalue weighted by Gasteiger charge is 1.92. The third kappa shape index (κ3) is 2.42. The third-order valence-electron chi connectivity index (χ3n) is 2.86. The Balaban J connectivity index is 0.000000117. The van der Waals surface area contributed by atoms with Crippen molar-refractivity contribution in [2.24, 2.45) is 0 Å². The van der Waals surface area contributed by atoms with Gasteiger partial charge in [0.05, 0.1) is 17.4 Å². The largest absolute Gasteiger partial charge is 0.508 e. The van der Waals surface area contributed by atoms with Crippen LogP contribution in [0, 0.1) is 0 Å². The number of aromatic amines is 2. The van der Waals surface area contributed by atoms with Crippen LogP contribution in [0.5, 0.6) is 5.75 Å². The van der Waals surface area contributed by atoms with Gasteiger partial charge in [0.25, 0.3) is 0 Å². The van der Waals surface area contributed by atoms with E-state index >= 15 is 0 Å². The number of hydrogen-bond acceptors (Lipinski definition) is 2. The average Bonchev–Trinajstić information content (AvgIpc) is 3.07. The van der Waals surface area contributed by atoms with Crippen LogP contribution < -0.4 is 0 Å². The van der Waals surface area contributed by atoms with Gasteiger partial charge in [-0.3, -0.25) is 0 Å². The van der Waals surface area contributed by atoms with Gasteiger partial charge in [-0.05, 0) is 36.4 Å². The predicted octanol–water partition coefficient (Wildman–Crippen LogP) is 3.44. The van der Waals surface area contributed by atoms with E-state index in [0.29, 0.717) is 5.75 Å². The molecule has 0 atom stereocenters. The topological polar surface area (TPSA) is 64.7 Å². The van der Waals surface area contributed by atoms with E-state index in [9.17, 15) is 0 Å². The molecular formula is C15H13N3O. The number of rotatable bonds is 0. The highest BCUT2D eigenvalue weighted by Crippen LogP contribution is 2.17. The Morgan fingerprint density at radius 3 is 2.68 bits per heavy atom. The molecule has 0 saturated carbocycles. The number of phenols is 1. The first-order valence-electron chi connectivity index (χ1n) is 5.97. The third-order valence-corrected chi connectivity index (χ3v) is 2.86. The van der Waals surface area contributed by atoms with Crippen LogP contribution in [0.4, 0.5) is 0 Å². The maximum atomic E-state index is 9.03. The summed E-state index contributed by atoms with van der Waals surface area (Å²) in [4.78, 5) is 10.1. The molecule has 0 aliphatic rings. The number of para-hydroxylation sites is 2. The molecule has 0 unspecified atom stereocenters. The summed E-state index contributed by atoms with van der Waals surface area (Å²) in [6.45, 7) is 0. The molecule has 19 heavy (non-hydrogen) atoms. The van der Waals surface area contributed by atoms with Crippen LogP contribution in [-0.2, 0) is 0 Å². The molecule has 2 heterocycles. The molecule has 0 spiro atoms. The fourth-order valence-electron chi connectivity index (χ4n) is 1.92. The van der Waals surface area contributed by atoms with E-state index in [1.165, 1.54) is 0 Å². The molecule has 3 N–H and O–H groups in total. The zero-order valence-corrected chi connectivity index (χ0v) is 10.2. The lowest BCUT2D eigenvalue weighted by Crippen LogP contribution is -1.65. The molecule has 94 valence electrons. The number of nitrogens with one attached hydrogen (secondary N) is 2. The van der Waals surface area contributed by atoms with Crippen LogP contribution in [0.2, 0.25) is 0 Å². The number of phenolic OH excluding ortho intramolecular Hbond substituents is 1. The van der Waals surface area contributed by atoms with E-state index in [-0.39, 0.29) is 0 Å². The van der Waals surface area contributed by atoms with E-state index < -0.39 is 0 Å². The van der Waals surface area contributed by atoms with Gasteiger partial charge in [-0.15, -0.1) is 0 Å². The second kappa shape index (κ2) is 4.86. The molecule has 4 heteroatoms. The molecule has 0 bridgehead atoms. The van der Waals surface area contributed by atoms with Gasteiger partial charge < -0.3 is 15.1 Å². The van der Waals surface area contributed by atoms with E-state index in [4.69, 9.17) is 5.11 Å². The molecular weight excluding hydrogens is 238 g/mol. The number of benzene rings is 2. The van der Waals surface area contributed by atoms with Gasteiger partial charge in [0.15, 0.2) is 0 Å². The lowest BCUT2D eigenvalue weighted by atomic mass is 10.2. The van der Waals surface area contributed by atoms with Crippen molar-refractivity contribution in [3.05, 3.63) is 61.1 Å². The molecule has 0 aliphatic carbocycles. The second-order valence-electron chi connectivity index (χ2n) is 4.17. The van der Waals surface area contributed by atoms with Gasteiger partial charge in [-0.1, -0.05) is 12.1 Å². The van der Waals surface area contributed by atoms with Gasteiger partial charge in [0, 0.05) is 17.1 Å². The fraction of sp³-hybridized carbons (Fsp3) is 0. The van der Waals surface area contributed by atoms with Gasteiger partial charge >= 0.3 is 0 Å². The van der Waals surface area contributed by atoms with Crippen LogP contribution >= 0.6 is 0 Å². The lowest BCUT2D eigenvalue weighted by Gasteiger charge is -1.89. The van der Waals surface area contributed by atoms with Crippen LogP contribution in [-0.4, -0.2) is 20.1 Å². The number of aromatic hydroxyl groups is 1. The van der Waals surface area contributed by atoms with E-state index in [1.807, 2.05) is 42.6 Å². The predicted molar refractivity (Wildman–Crippen MR) is 76.1 cm³/mol. The number of H-pyrrole nitrogens is 2. The second-order valence-corrected chi connectivity index (χ2v) is 4.17. The SMILES string of the molecule is Oc1ccc2[nH]ccc2c1.c1ccc2[nH]cnc2c1. The van der Waals surface area contributed by atoms with Gasteiger partial charge in [-0.25, -0.2) is 4.98 Å². The number of nitrogens with zero attached hydrogens (tertiary/aromatic N) is 1. The Hall–Kier alpha value is -2.75. The number of fused-ring (bicyclic) bond motifs is 2. The standard InChI is InChI=1S/C8H7NO.C7H6N2/c10-7-1-2-8-6(5-7)3-4-9-8;1-2-4-7-6(3-1)8-5-9-7/h1-5,9-10H;1-5H,(H,8,9). The van der Waals surface area contributed by atoms with Crippen molar-refractivity contribution in [1.82, 2.24) is 15.0 Å². The van der Waals surface area contributed by atoms with E-state index in [2.05, 4.69) is 15.0 Å². The Kier molecular flexibility index (Phi) is 2.90. The molecule has 0 saturated heterocycles. The van der Waals surface area contributed by atoms with Crippen molar-refractivity contribution in [3.8, 4) is 5.75 Å². The van der Waals surface area contributed by atoms with Gasteiger partial charge in [0.1, 0.15) is 5.75 Å². The molecule has 0 aliphatic heterocycles. The fourth-order valence-corrected chi connectivity index (χ4v) is 1.92. The number of imidazole rings is 1. The Bertz CT molecular complexity index is 771. The maximum absolute atomic E-state index is 9.03. The highest BCUT2D eigenvalue weighted by molar-refractivity contribution is 5.80. The van der Waals surface area contributed by atoms with Crippen molar-refractivity contribution >= 4 is 21.9 Å². The van der Waals surface area contributed by atoms with Crippen molar-refractivity contribution in [3.63, 3.8) is 0 Å². The quantitative estimate of drug-likeness (QED) is 0.448. The summed E-state index contributed by atoms with van der Waals surface area (Å²) in [5.74, 6) is 0.312. The minimum atomic E-state index is 0.312. The molecule has 4 nitrogen and oxygen atoms in total. The normalized spacial score (nSPS) is 10.3.